The van der Waals surface area contributed by atoms with E-state index in [2.05, 4.69) is 0 Å². The third-order valence-corrected chi connectivity index (χ3v) is 2.13. The first-order valence-corrected chi connectivity index (χ1v) is 4.03. The summed E-state index contributed by atoms with van der Waals surface area (Å²) in [6.45, 7) is 2.72. The molecule has 0 unspecified atom stereocenters. The minimum absolute atomic E-state index is 0.747. The predicted molar refractivity (Wildman–Crippen MR) is 45.8 cm³/mol. The van der Waals surface area contributed by atoms with Crippen molar-refractivity contribution in [3.63, 3.8) is 0 Å². The normalized spacial score (nSPS) is 13.8. The summed E-state index contributed by atoms with van der Waals surface area (Å²) < 4.78 is 5.41. The summed E-state index contributed by atoms with van der Waals surface area (Å²) >= 11 is 0. The largest absolute Gasteiger partial charge is 0.493 e. The van der Waals surface area contributed by atoms with E-state index in [4.69, 9.17) is 4.74 Å². The molecular weight excluding hydrogens is 152 g/mol. The second-order valence-electron chi connectivity index (χ2n) is 3.04. The van der Waals surface area contributed by atoms with Gasteiger partial charge >= 0.3 is 0 Å². The Labute approximate surface area is 71.2 Å². The molecule has 2 nitrogen and oxygen atoms in total. The molecule has 0 aliphatic carbocycles. The van der Waals surface area contributed by atoms with Gasteiger partial charge in [-0.2, -0.15) is 0 Å². The Morgan fingerprint density at radius 3 is 3.08 bits per heavy atom. The molecule has 0 bridgehead atoms. The molecule has 0 amide bonds. The maximum Gasteiger partial charge on any atom is 0.150 e. The van der Waals surface area contributed by atoms with Gasteiger partial charge < -0.3 is 4.74 Å². The van der Waals surface area contributed by atoms with Crippen molar-refractivity contribution >= 4 is 6.29 Å². The fourth-order valence-electron chi connectivity index (χ4n) is 1.60. The number of carbonyl (C=O) groups excluding carboxylic acids is 1. The minimum Gasteiger partial charge on any atom is -0.493 e. The Kier molecular flexibility index (Phi) is 1.61. The van der Waals surface area contributed by atoms with Gasteiger partial charge in [-0.15, -0.1) is 0 Å². The Balaban J connectivity index is 2.58. The van der Waals surface area contributed by atoms with Crippen LogP contribution in [0.5, 0.6) is 5.75 Å². The van der Waals surface area contributed by atoms with Crippen molar-refractivity contribution in [2.75, 3.05) is 6.61 Å². The molecule has 0 radical (unpaired) electrons. The Hall–Kier alpha value is -1.31. The van der Waals surface area contributed by atoms with Crippen LogP contribution in [0.25, 0.3) is 0 Å². The zero-order valence-electron chi connectivity index (χ0n) is 6.96. The fourth-order valence-corrected chi connectivity index (χ4v) is 1.60. The van der Waals surface area contributed by atoms with Crippen molar-refractivity contribution in [2.24, 2.45) is 0 Å². The van der Waals surface area contributed by atoms with Gasteiger partial charge in [0.05, 0.1) is 6.61 Å². The van der Waals surface area contributed by atoms with Gasteiger partial charge in [-0.05, 0) is 30.2 Å². The molecule has 12 heavy (non-hydrogen) atoms. The number of ether oxygens (including phenoxy) is 1. The summed E-state index contributed by atoms with van der Waals surface area (Å²) in [5, 5.41) is 0. The number of aldehydes is 1. The topological polar surface area (TPSA) is 26.3 Å². The Morgan fingerprint density at radius 2 is 2.33 bits per heavy atom. The highest BCUT2D eigenvalue weighted by Gasteiger charge is 2.14. The van der Waals surface area contributed by atoms with Gasteiger partial charge in [0.25, 0.3) is 0 Å². The number of benzene rings is 1. The number of rotatable bonds is 1. The average Bonchev–Trinajstić information content (AvgIpc) is 2.52. The van der Waals surface area contributed by atoms with E-state index in [1.165, 1.54) is 0 Å². The predicted octanol–water partition coefficient (Wildman–Crippen LogP) is 1.74. The van der Waals surface area contributed by atoms with Crippen LogP contribution in [0.1, 0.15) is 21.5 Å². The zero-order chi connectivity index (χ0) is 8.55. The van der Waals surface area contributed by atoms with Gasteiger partial charge in [-0.25, -0.2) is 0 Å². The lowest BCUT2D eigenvalue weighted by Crippen LogP contribution is -1.88. The van der Waals surface area contributed by atoms with E-state index >= 15 is 0 Å². The molecule has 0 saturated carbocycles. The number of fused-ring (bicyclic) bond motifs is 1. The molecule has 0 saturated heterocycles. The molecule has 0 spiro atoms. The quantitative estimate of drug-likeness (QED) is 0.588. The Morgan fingerprint density at radius 1 is 1.50 bits per heavy atom. The van der Waals surface area contributed by atoms with E-state index in [9.17, 15) is 4.79 Å². The summed E-state index contributed by atoms with van der Waals surface area (Å²) in [4.78, 5) is 10.5. The number of hydrogen-bond acceptors (Lipinski definition) is 2. The van der Waals surface area contributed by atoms with E-state index < -0.39 is 0 Å². The molecular formula is C10H10O2. The summed E-state index contributed by atoms with van der Waals surface area (Å²) in [7, 11) is 0. The molecule has 1 heterocycles. The van der Waals surface area contributed by atoms with Crippen LogP contribution < -0.4 is 4.74 Å². The van der Waals surface area contributed by atoms with Gasteiger partial charge in [0, 0.05) is 12.0 Å². The highest BCUT2D eigenvalue weighted by Crippen LogP contribution is 2.29. The molecule has 1 aromatic carbocycles. The van der Waals surface area contributed by atoms with E-state index in [1.807, 2.05) is 19.1 Å². The molecule has 0 N–H and O–H groups in total. The summed E-state index contributed by atoms with van der Waals surface area (Å²) in [6.07, 6.45) is 1.81. The molecule has 1 aliphatic heterocycles. The van der Waals surface area contributed by atoms with E-state index in [0.29, 0.717) is 0 Å². The monoisotopic (exact) mass is 162 g/mol. The van der Waals surface area contributed by atoms with Crippen molar-refractivity contribution in [1.82, 2.24) is 0 Å². The molecule has 0 atom stereocenters. The van der Waals surface area contributed by atoms with Crippen LogP contribution in [0.4, 0.5) is 0 Å². The van der Waals surface area contributed by atoms with E-state index in [0.717, 1.165) is 41.8 Å². The first-order chi connectivity index (χ1) is 5.81. The van der Waals surface area contributed by atoms with Crippen LogP contribution in [-0.2, 0) is 6.42 Å². The van der Waals surface area contributed by atoms with Crippen molar-refractivity contribution in [3.8, 4) is 5.75 Å². The van der Waals surface area contributed by atoms with Gasteiger partial charge in [0.15, 0.2) is 0 Å². The molecule has 1 aromatic rings. The van der Waals surface area contributed by atoms with Crippen molar-refractivity contribution in [2.45, 2.75) is 13.3 Å². The van der Waals surface area contributed by atoms with Crippen LogP contribution in [0.3, 0.4) is 0 Å². The third-order valence-electron chi connectivity index (χ3n) is 2.13. The van der Waals surface area contributed by atoms with Crippen molar-refractivity contribution in [1.29, 1.82) is 0 Å². The smallest absolute Gasteiger partial charge is 0.150 e. The Bertz CT molecular complexity index is 329. The molecule has 1 aliphatic rings. The lowest BCUT2D eigenvalue weighted by atomic mass is 10.1. The maximum atomic E-state index is 10.5. The number of carbonyl (C=O) groups is 1. The van der Waals surface area contributed by atoms with Crippen LogP contribution in [0, 0.1) is 6.92 Å². The fraction of sp³-hybridized carbons (Fsp3) is 0.300. The molecule has 0 aromatic heterocycles. The van der Waals surface area contributed by atoms with Crippen LogP contribution in [-0.4, -0.2) is 12.9 Å². The average molecular weight is 162 g/mol. The highest BCUT2D eigenvalue weighted by molar-refractivity contribution is 5.76. The van der Waals surface area contributed by atoms with Gasteiger partial charge in [0.2, 0.25) is 0 Å². The third kappa shape index (κ3) is 0.998. The van der Waals surface area contributed by atoms with Crippen molar-refractivity contribution < 1.29 is 9.53 Å². The number of hydrogen-bond donors (Lipinski definition) is 0. The summed E-state index contributed by atoms with van der Waals surface area (Å²) in [6, 6.07) is 3.76. The zero-order valence-corrected chi connectivity index (χ0v) is 6.96. The SMILES string of the molecule is Cc1cc(C=O)cc2c1OCC2. The minimum atomic E-state index is 0.747. The van der Waals surface area contributed by atoms with Crippen LogP contribution in [0.2, 0.25) is 0 Å². The maximum absolute atomic E-state index is 10.5. The molecule has 2 heteroatoms. The molecule has 0 fully saturated rings. The molecule has 62 valence electrons. The first kappa shape index (κ1) is 7.35. The first-order valence-electron chi connectivity index (χ1n) is 4.03. The van der Waals surface area contributed by atoms with Gasteiger partial charge in [-0.1, -0.05) is 0 Å². The van der Waals surface area contributed by atoms with Gasteiger partial charge in [0.1, 0.15) is 12.0 Å². The lowest BCUT2D eigenvalue weighted by Gasteiger charge is -2.03. The van der Waals surface area contributed by atoms with E-state index in [-0.39, 0.29) is 0 Å². The van der Waals surface area contributed by atoms with Gasteiger partial charge in [-0.3, -0.25) is 4.79 Å². The van der Waals surface area contributed by atoms with Crippen LogP contribution >= 0.6 is 0 Å². The highest BCUT2D eigenvalue weighted by atomic mass is 16.5. The summed E-state index contributed by atoms with van der Waals surface area (Å²) in [5.74, 6) is 0.973. The van der Waals surface area contributed by atoms with Crippen LogP contribution in [0.15, 0.2) is 12.1 Å². The van der Waals surface area contributed by atoms with E-state index in [1.54, 1.807) is 0 Å². The summed E-state index contributed by atoms with van der Waals surface area (Å²) in [5.41, 5.74) is 2.97. The standard InChI is InChI=1S/C10H10O2/c1-7-4-8(6-11)5-9-2-3-12-10(7)9/h4-6H,2-3H2,1H3. The molecule has 2 rings (SSSR count). The number of aryl methyl sites for hydroxylation is 1. The second-order valence-corrected chi connectivity index (χ2v) is 3.04. The lowest BCUT2D eigenvalue weighted by molar-refractivity contribution is 0.112. The second kappa shape index (κ2) is 2.63. The van der Waals surface area contributed by atoms with Crippen molar-refractivity contribution in [3.05, 3.63) is 28.8 Å².